The number of carbonyl (C=O) groups excluding carboxylic acids is 2. The number of rotatable bonds is 4. The van der Waals surface area contributed by atoms with E-state index in [0.717, 1.165) is 0 Å². The van der Waals surface area contributed by atoms with Crippen LogP contribution >= 0.6 is 0 Å². The number of hydrogen-bond donors (Lipinski definition) is 0. The van der Waals surface area contributed by atoms with Crippen LogP contribution in [0.15, 0.2) is 12.2 Å². The van der Waals surface area contributed by atoms with Crippen LogP contribution in [0.4, 0.5) is 0 Å². The Bertz CT molecular complexity index is 224. The summed E-state index contributed by atoms with van der Waals surface area (Å²) in [5, 5.41) is 0. The van der Waals surface area contributed by atoms with Gasteiger partial charge in [-0.15, -0.1) is 0 Å². The minimum absolute atomic E-state index is 0.0299. The lowest BCUT2D eigenvalue weighted by Crippen LogP contribution is -2.27. The highest BCUT2D eigenvalue weighted by atomic mass is 16.1. The molecule has 0 spiro atoms. The molecule has 0 N–H and O–H groups in total. The summed E-state index contributed by atoms with van der Waals surface area (Å²) in [5.74, 6) is 0.00676. The number of ketones is 2. The van der Waals surface area contributed by atoms with Gasteiger partial charge < -0.3 is 0 Å². The third-order valence-electron chi connectivity index (χ3n) is 1.69. The van der Waals surface area contributed by atoms with Gasteiger partial charge in [-0.3, -0.25) is 9.59 Å². The van der Waals surface area contributed by atoms with E-state index in [0.29, 0.717) is 12.0 Å². The fourth-order valence-electron chi connectivity index (χ4n) is 1.28. The zero-order chi connectivity index (χ0) is 9.94. The third-order valence-corrected chi connectivity index (χ3v) is 1.69. The Morgan fingerprint density at radius 3 is 1.92 bits per heavy atom. The zero-order valence-electron chi connectivity index (χ0n) is 8.23. The molecule has 0 saturated carbocycles. The summed E-state index contributed by atoms with van der Waals surface area (Å²) in [7, 11) is 0. The Balaban J connectivity index is 4.50. The molecule has 0 heterocycles. The third kappa shape index (κ3) is 2.99. The lowest BCUT2D eigenvalue weighted by molar-refractivity contribution is -0.128. The van der Waals surface area contributed by atoms with E-state index < -0.39 is 5.41 Å². The molecule has 0 bridgehead atoms. The number of allylic oxidation sites excluding steroid dienone is 1. The summed E-state index contributed by atoms with van der Waals surface area (Å²) in [6, 6.07) is 0. The molecule has 0 unspecified atom stereocenters. The highest BCUT2D eigenvalue weighted by Gasteiger charge is 2.28. The second-order valence-corrected chi connectivity index (χ2v) is 3.87. The van der Waals surface area contributed by atoms with Gasteiger partial charge in [-0.2, -0.15) is 0 Å². The predicted molar refractivity (Wildman–Crippen MR) is 48.9 cm³/mol. The van der Waals surface area contributed by atoms with Gasteiger partial charge in [-0.1, -0.05) is 20.4 Å². The second-order valence-electron chi connectivity index (χ2n) is 3.87. The van der Waals surface area contributed by atoms with Gasteiger partial charge in [0.2, 0.25) is 0 Å². The van der Waals surface area contributed by atoms with E-state index >= 15 is 0 Å². The first-order valence-corrected chi connectivity index (χ1v) is 3.97. The van der Waals surface area contributed by atoms with Gasteiger partial charge >= 0.3 is 0 Å². The first-order valence-electron chi connectivity index (χ1n) is 3.97. The SMILES string of the molecule is C=C(C)C(=O)C(C)(C)CC(C)=O. The summed E-state index contributed by atoms with van der Waals surface area (Å²) >= 11 is 0. The molecule has 0 aromatic rings. The average Bonchev–Trinajstić information content (AvgIpc) is 1.82. The van der Waals surface area contributed by atoms with Crippen LogP contribution in [0.2, 0.25) is 0 Å². The number of carbonyl (C=O) groups is 2. The van der Waals surface area contributed by atoms with E-state index in [2.05, 4.69) is 6.58 Å². The molecule has 0 amide bonds. The Hall–Kier alpha value is -0.920. The van der Waals surface area contributed by atoms with Gasteiger partial charge in [0.1, 0.15) is 5.78 Å². The molecule has 0 rings (SSSR count). The fourth-order valence-corrected chi connectivity index (χ4v) is 1.28. The number of Topliss-reactive ketones (excluding diaryl/α,β-unsaturated/α-hetero) is 2. The predicted octanol–water partition coefficient (Wildman–Crippen LogP) is 2.14. The van der Waals surface area contributed by atoms with E-state index in [1.807, 2.05) is 0 Å². The Labute approximate surface area is 73.7 Å². The van der Waals surface area contributed by atoms with Gasteiger partial charge in [0.05, 0.1) is 0 Å². The lowest BCUT2D eigenvalue weighted by atomic mass is 9.81. The van der Waals surface area contributed by atoms with Crippen LogP contribution in [-0.2, 0) is 9.59 Å². The summed E-state index contributed by atoms with van der Waals surface area (Å²) in [5.41, 5.74) is -0.0706. The van der Waals surface area contributed by atoms with Crippen molar-refractivity contribution < 1.29 is 9.59 Å². The molecular formula is C10H16O2. The molecule has 2 nitrogen and oxygen atoms in total. The quantitative estimate of drug-likeness (QED) is 0.603. The van der Waals surface area contributed by atoms with Crippen molar-refractivity contribution in [3.63, 3.8) is 0 Å². The van der Waals surface area contributed by atoms with Gasteiger partial charge in [0.15, 0.2) is 5.78 Å². The summed E-state index contributed by atoms with van der Waals surface area (Å²) in [4.78, 5) is 22.3. The van der Waals surface area contributed by atoms with E-state index in [1.54, 1.807) is 20.8 Å². The van der Waals surface area contributed by atoms with Crippen molar-refractivity contribution in [2.75, 3.05) is 0 Å². The topological polar surface area (TPSA) is 34.1 Å². The van der Waals surface area contributed by atoms with Crippen LogP contribution in [-0.4, -0.2) is 11.6 Å². The molecule has 0 aromatic heterocycles. The van der Waals surface area contributed by atoms with Crippen LogP contribution < -0.4 is 0 Å². The maximum Gasteiger partial charge on any atom is 0.164 e. The molecule has 0 aliphatic carbocycles. The van der Waals surface area contributed by atoms with Crippen LogP contribution in [0.1, 0.15) is 34.1 Å². The monoisotopic (exact) mass is 168 g/mol. The Kier molecular flexibility index (Phi) is 3.37. The van der Waals surface area contributed by atoms with Crippen molar-refractivity contribution in [1.29, 1.82) is 0 Å². The van der Waals surface area contributed by atoms with Crippen LogP contribution in [0.25, 0.3) is 0 Å². The van der Waals surface area contributed by atoms with Crippen molar-refractivity contribution in [1.82, 2.24) is 0 Å². The second kappa shape index (κ2) is 3.65. The Morgan fingerprint density at radius 2 is 1.67 bits per heavy atom. The highest BCUT2D eigenvalue weighted by Crippen LogP contribution is 2.24. The van der Waals surface area contributed by atoms with E-state index in [-0.39, 0.29) is 11.6 Å². The molecule has 0 radical (unpaired) electrons. The lowest BCUT2D eigenvalue weighted by Gasteiger charge is -2.21. The largest absolute Gasteiger partial charge is 0.300 e. The van der Waals surface area contributed by atoms with Gasteiger partial charge in [-0.25, -0.2) is 0 Å². The van der Waals surface area contributed by atoms with Crippen molar-refractivity contribution in [3.8, 4) is 0 Å². The first-order chi connectivity index (χ1) is 5.27. The van der Waals surface area contributed by atoms with E-state index in [4.69, 9.17) is 0 Å². The van der Waals surface area contributed by atoms with E-state index in [9.17, 15) is 9.59 Å². The fraction of sp³-hybridized carbons (Fsp3) is 0.600. The smallest absolute Gasteiger partial charge is 0.164 e. The molecule has 0 atom stereocenters. The molecule has 0 aliphatic heterocycles. The molecule has 2 heteroatoms. The van der Waals surface area contributed by atoms with Gasteiger partial charge in [0.25, 0.3) is 0 Å². The first kappa shape index (κ1) is 11.1. The molecule has 0 saturated heterocycles. The van der Waals surface area contributed by atoms with Crippen LogP contribution in [0, 0.1) is 5.41 Å². The average molecular weight is 168 g/mol. The molecule has 0 aromatic carbocycles. The Morgan fingerprint density at radius 1 is 1.25 bits per heavy atom. The minimum atomic E-state index is -0.586. The van der Waals surface area contributed by atoms with Crippen molar-refractivity contribution in [2.24, 2.45) is 5.41 Å². The molecule has 0 aliphatic rings. The van der Waals surface area contributed by atoms with E-state index in [1.165, 1.54) is 6.92 Å². The summed E-state index contributed by atoms with van der Waals surface area (Å²) in [6.07, 6.45) is 0.290. The maximum absolute atomic E-state index is 11.4. The number of hydrogen-bond acceptors (Lipinski definition) is 2. The summed E-state index contributed by atoms with van der Waals surface area (Å²) < 4.78 is 0. The minimum Gasteiger partial charge on any atom is -0.300 e. The molecular weight excluding hydrogens is 152 g/mol. The standard InChI is InChI=1S/C10H16O2/c1-7(2)9(12)10(4,5)6-8(3)11/h1,6H2,2-5H3. The normalized spacial score (nSPS) is 11.0. The van der Waals surface area contributed by atoms with Crippen molar-refractivity contribution in [3.05, 3.63) is 12.2 Å². The summed E-state index contributed by atoms with van der Waals surface area (Å²) in [6.45, 7) is 10.3. The molecule has 68 valence electrons. The van der Waals surface area contributed by atoms with Crippen molar-refractivity contribution >= 4 is 11.6 Å². The molecule has 12 heavy (non-hydrogen) atoms. The molecule has 0 fully saturated rings. The maximum atomic E-state index is 11.4. The van der Waals surface area contributed by atoms with Crippen LogP contribution in [0.3, 0.4) is 0 Å². The van der Waals surface area contributed by atoms with Gasteiger partial charge in [-0.05, 0) is 19.4 Å². The zero-order valence-corrected chi connectivity index (χ0v) is 8.23. The highest BCUT2D eigenvalue weighted by molar-refractivity contribution is 6.00. The van der Waals surface area contributed by atoms with Gasteiger partial charge in [0, 0.05) is 11.8 Å². The van der Waals surface area contributed by atoms with Crippen molar-refractivity contribution in [2.45, 2.75) is 34.1 Å². The van der Waals surface area contributed by atoms with Crippen LogP contribution in [0.5, 0.6) is 0 Å².